The van der Waals surface area contributed by atoms with Crippen LogP contribution in [0.1, 0.15) is 4.88 Å². The van der Waals surface area contributed by atoms with E-state index in [0.29, 0.717) is 0 Å². The van der Waals surface area contributed by atoms with Crippen LogP contribution in [0.15, 0.2) is 53.0 Å². The van der Waals surface area contributed by atoms with Gasteiger partial charge in [0.2, 0.25) is 0 Å². The standard InChI is InChI=1S/C16H11BrClNS/c1-10-15(13-7-2-3-8-14(13)17)19-16(20-10)11-5-4-6-12(18)9-11/h2-9H,1H3. The van der Waals surface area contributed by atoms with Gasteiger partial charge >= 0.3 is 0 Å². The molecule has 2 aromatic carbocycles. The first-order chi connectivity index (χ1) is 9.65. The molecule has 3 rings (SSSR count). The number of hydrogen-bond acceptors (Lipinski definition) is 2. The molecule has 1 aromatic heterocycles. The van der Waals surface area contributed by atoms with Gasteiger partial charge in [-0.1, -0.05) is 57.9 Å². The third kappa shape index (κ3) is 2.66. The zero-order valence-corrected chi connectivity index (χ0v) is 13.9. The van der Waals surface area contributed by atoms with Gasteiger partial charge in [-0.2, -0.15) is 0 Å². The molecule has 0 radical (unpaired) electrons. The second-order valence-electron chi connectivity index (χ2n) is 4.41. The largest absolute Gasteiger partial charge is 0.236 e. The van der Waals surface area contributed by atoms with Crippen molar-refractivity contribution in [3.05, 3.63) is 62.9 Å². The molecule has 0 amide bonds. The van der Waals surface area contributed by atoms with Gasteiger partial charge in [0.25, 0.3) is 0 Å². The lowest BCUT2D eigenvalue weighted by Gasteiger charge is -2.01. The molecule has 0 saturated carbocycles. The van der Waals surface area contributed by atoms with Crippen LogP contribution in [-0.2, 0) is 0 Å². The fourth-order valence-corrected chi connectivity index (χ4v) is 3.63. The second-order valence-corrected chi connectivity index (χ2v) is 6.91. The first-order valence-corrected chi connectivity index (χ1v) is 8.12. The summed E-state index contributed by atoms with van der Waals surface area (Å²) in [7, 11) is 0. The summed E-state index contributed by atoms with van der Waals surface area (Å²) in [6, 6.07) is 16.0. The van der Waals surface area contributed by atoms with Crippen molar-refractivity contribution < 1.29 is 0 Å². The number of hydrogen-bond donors (Lipinski definition) is 0. The summed E-state index contributed by atoms with van der Waals surface area (Å²) in [4.78, 5) is 5.98. The molecular formula is C16H11BrClNS. The number of nitrogens with zero attached hydrogens (tertiary/aromatic N) is 1. The van der Waals surface area contributed by atoms with Crippen LogP contribution in [0.5, 0.6) is 0 Å². The summed E-state index contributed by atoms with van der Waals surface area (Å²) in [5.74, 6) is 0. The van der Waals surface area contributed by atoms with E-state index in [2.05, 4.69) is 28.9 Å². The molecule has 20 heavy (non-hydrogen) atoms. The summed E-state index contributed by atoms with van der Waals surface area (Å²) in [6.07, 6.45) is 0. The Hall–Kier alpha value is -1.16. The minimum absolute atomic E-state index is 0.734. The number of rotatable bonds is 2. The zero-order chi connectivity index (χ0) is 14.1. The molecule has 3 aromatic rings. The quantitative estimate of drug-likeness (QED) is 0.527. The van der Waals surface area contributed by atoms with Crippen LogP contribution in [0.2, 0.25) is 5.02 Å². The average Bonchev–Trinajstić information content (AvgIpc) is 2.81. The van der Waals surface area contributed by atoms with Gasteiger partial charge in [-0.15, -0.1) is 11.3 Å². The van der Waals surface area contributed by atoms with Crippen LogP contribution in [0.25, 0.3) is 21.8 Å². The van der Waals surface area contributed by atoms with E-state index in [9.17, 15) is 0 Å². The van der Waals surface area contributed by atoms with Crippen LogP contribution in [0.3, 0.4) is 0 Å². The van der Waals surface area contributed by atoms with E-state index in [-0.39, 0.29) is 0 Å². The first-order valence-electron chi connectivity index (χ1n) is 6.13. The maximum Gasteiger partial charge on any atom is 0.124 e. The van der Waals surface area contributed by atoms with Crippen molar-refractivity contribution in [2.75, 3.05) is 0 Å². The number of aromatic nitrogens is 1. The lowest BCUT2D eigenvalue weighted by Crippen LogP contribution is -1.83. The van der Waals surface area contributed by atoms with Crippen molar-refractivity contribution in [1.29, 1.82) is 0 Å². The molecule has 0 aliphatic rings. The van der Waals surface area contributed by atoms with Gasteiger partial charge in [0.1, 0.15) is 5.01 Å². The molecule has 0 saturated heterocycles. The minimum atomic E-state index is 0.734. The molecule has 1 heterocycles. The van der Waals surface area contributed by atoms with Crippen molar-refractivity contribution in [1.82, 2.24) is 4.98 Å². The smallest absolute Gasteiger partial charge is 0.124 e. The van der Waals surface area contributed by atoms with E-state index < -0.39 is 0 Å². The van der Waals surface area contributed by atoms with Gasteiger partial charge in [0.05, 0.1) is 5.69 Å². The van der Waals surface area contributed by atoms with Crippen molar-refractivity contribution >= 4 is 38.9 Å². The van der Waals surface area contributed by atoms with Gasteiger partial charge in [-0.25, -0.2) is 4.98 Å². The highest BCUT2D eigenvalue weighted by molar-refractivity contribution is 9.10. The molecule has 0 fully saturated rings. The molecule has 0 spiro atoms. The van der Waals surface area contributed by atoms with Gasteiger partial charge in [0.15, 0.2) is 0 Å². The van der Waals surface area contributed by atoms with Crippen LogP contribution in [0.4, 0.5) is 0 Å². The Morgan fingerprint density at radius 2 is 1.90 bits per heavy atom. The summed E-state index contributed by atoms with van der Waals surface area (Å²) in [5, 5.41) is 1.73. The van der Waals surface area contributed by atoms with E-state index >= 15 is 0 Å². The van der Waals surface area contributed by atoms with Crippen LogP contribution in [-0.4, -0.2) is 4.98 Å². The van der Waals surface area contributed by atoms with Crippen molar-refractivity contribution in [3.63, 3.8) is 0 Å². The Morgan fingerprint density at radius 3 is 2.65 bits per heavy atom. The van der Waals surface area contributed by atoms with Gasteiger partial charge < -0.3 is 0 Å². The van der Waals surface area contributed by atoms with E-state index in [0.717, 1.165) is 31.3 Å². The molecule has 1 nitrogen and oxygen atoms in total. The van der Waals surface area contributed by atoms with Crippen molar-refractivity contribution in [3.8, 4) is 21.8 Å². The average molecular weight is 365 g/mol. The molecule has 0 atom stereocenters. The van der Waals surface area contributed by atoms with E-state index in [1.165, 1.54) is 4.88 Å². The molecular weight excluding hydrogens is 354 g/mol. The van der Waals surface area contributed by atoms with Crippen LogP contribution < -0.4 is 0 Å². The van der Waals surface area contributed by atoms with Crippen molar-refractivity contribution in [2.45, 2.75) is 6.92 Å². The lowest BCUT2D eigenvalue weighted by atomic mass is 10.1. The van der Waals surface area contributed by atoms with Gasteiger partial charge in [-0.3, -0.25) is 0 Å². The molecule has 0 aliphatic carbocycles. The SMILES string of the molecule is Cc1sc(-c2cccc(Cl)c2)nc1-c1ccccc1Br. The number of benzene rings is 2. The maximum absolute atomic E-state index is 6.05. The lowest BCUT2D eigenvalue weighted by molar-refractivity contribution is 1.36. The highest BCUT2D eigenvalue weighted by atomic mass is 79.9. The molecule has 4 heteroatoms. The highest BCUT2D eigenvalue weighted by Crippen LogP contribution is 2.36. The zero-order valence-electron chi connectivity index (χ0n) is 10.7. The number of thiazole rings is 1. The van der Waals surface area contributed by atoms with Crippen LogP contribution in [0, 0.1) is 6.92 Å². The Bertz CT molecular complexity index is 767. The van der Waals surface area contributed by atoms with Crippen molar-refractivity contribution in [2.24, 2.45) is 0 Å². The Morgan fingerprint density at radius 1 is 1.10 bits per heavy atom. The fourth-order valence-electron chi connectivity index (χ4n) is 2.04. The molecule has 0 aliphatic heterocycles. The summed E-state index contributed by atoms with van der Waals surface area (Å²) in [6.45, 7) is 2.10. The molecule has 0 bridgehead atoms. The monoisotopic (exact) mass is 363 g/mol. The molecule has 0 N–H and O–H groups in total. The summed E-state index contributed by atoms with van der Waals surface area (Å²) in [5.41, 5.74) is 3.20. The Balaban J connectivity index is 2.10. The third-order valence-corrected chi connectivity index (χ3v) is 4.94. The Labute approximate surface area is 135 Å². The van der Waals surface area contributed by atoms with Gasteiger partial charge in [0, 0.05) is 25.5 Å². The Kier molecular flexibility index (Phi) is 3.92. The third-order valence-electron chi connectivity index (χ3n) is 3.00. The number of aryl methyl sites for hydroxylation is 1. The topological polar surface area (TPSA) is 12.9 Å². The normalized spacial score (nSPS) is 10.8. The van der Waals surface area contributed by atoms with E-state index in [1.54, 1.807) is 11.3 Å². The predicted molar refractivity (Wildman–Crippen MR) is 90.4 cm³/mol. The van der Waals surface area contributed by atoms with Crippen LogP contribution >= 0.6 is 38.9 Å². The predicted octanol–water partition coefficient (Wildman–Crippen LogP) is 6.20. The van der Waals surface area contributed by atoms with E-state index in [1.807, 2.05) is 42.5 Å². The first kappa shape index (κ1) is 13.8. The summed E-state index contributed by atoms with van der Waals surface area (Å²) < 4.78 is 1.06. The number of halogens is 2. The maximum atomic E-state index is 6.05. The second kappa shape index (κ2) is 5.68. The minimum Gasteiger partial charge on any atom is -0.236 e. The summed E-state index contributed by atoms with van der Waals surface area (Å²) >= 11 is 11.3. The fraction of sp³-hybridized carbons (Fsp3) is 0.0625. The highest BCUT2D eigenvalue weighted by Gasteiger charge is 2.13. The van der Waals surface area contributed by atoms with Gasteiger partial charge in [-0.05, 0) is 25.1 Å². The molecule has 100 valence electrons. The molecule has 0 unspecified atom stereocenters. The van der Waals surface area contributed by atoms with E-state index in [4.69, 9.17) is 16.6 Å².